The summed E-state index contributed by atoms with van der Waals surface area (Å²) in [4.78, 5) is 2.38. The van der Waals surface area contributed by atoms with E-state index in [0.717, 1.165) is 24.2 Å². The third-order valence-electron chi connectivity index (χ3n) is 13.0. The highest BCUT2D eigenvalue weighted by Crippen LogP contribution is 2.54. The summed E-state index contributed by atoms with van der Waals surface area (Å²) in [5, 5.41) is 0. The predicted molar refractivity (Wildman–Crippen MR) is 265 cm³/mol. The van der Waals surface area contributed by atoms with Crippen LogP contribution in [0.3, 0.4) is 0 Å². The Bertz CT molecular complexity index is 2940. The van der Waals surface area contributed by atoms with Crippen molar-refractivity contribution < 1.29 is 0 Å². The third kappa shape index (κ3) is 7.06. The number of anilines is 3. The summed E-state index contributed by atoms with van der Waals surface area (Å²) in [7, 11) is 0. The molecule has 62 heavy (non-hydrogen) atoms. The monoisotopic (exact) mass is 795 g/mol. The summed E-state index contributed by atoms with van der Waals surface area (Å²) >= 11 is 0. The Morgan fingerprint density at radius 2 is 0.726 bits per heavy atom. The Balaban J connectivity index is 1.01. The Kier molecular flexibility index (Phi) is 10.5. The highest BCUT2D eigenvalue weighted by Gasteiger charge is 2.41. The van der Waals surface area contributed by atoms with Crippen LogP contribution >= 0.6 is 0 Å². The van der Waals surface area contributed by atoms with Crippen LogP contribution in [-0.4, -0.2) is 0 Å². The van der Waals surface area contributed by atoms with Crippen LogP contribution in [0.15, 0.2) is 224 Å². The van der Waals surface area contributed by atoms with E-state index in [0.29, 0.717) is 0 Å². The topological polar surface area (TPSA) is 3.24 Å². The minimum atomic E-state index is -0.0770. The van der Waals surface area contributed by atoms with Crippen LogP contribution in [0.5, 0.6) is 0 Å². The molecule has 9 aromatic rings. The zero-order valence-corrected chi connectivity index (χ0v) is 35.4. The molecule has 0 aliphatic heterocycles. The summed E-state index contributed by atoms with van der Waals surface area (Å²) in [5.41, 5.74) is 21.1. The number of nitrogens with zero attached hydrogens (tertiary/aromatic N) is 1. The molecule has 0 saturated carbocycles. The van der Waals surface area contributed by atoms with Gasteiger partial charge in [0.1, 0.15) is 0 Å². The standard InChI is InChI=1S/C61H49N/c1-3-61(4-2)57-42-45(34-38-55(57)56-39-37-52(43-58(56)61)62(50-26-16-8-17-27-50)51-28-18-9-19-29-51)31-30-44-32-35-49(36-33-44)60-54(47-22-12-6-13-23-47)41-40-53(46-20-10-5-11-21-46)59(60)48-24-14-7-15-25-48/h5-43H,3-4H2,1-2H3/b31-30+. The molecule has 1 aliphatic rings. The number of hydrogen-bond donors (Lipinski definition) is 0. The fourth-order valence-corrected chi connectivity index (χ4v) is 9.83. The molecule has 0 radical (unpaired) electrons. The third-order valence-corrected chi connectivity index (χ3v) is 13.0. The molecule has 1 aliphatic carbocycles. The molecule has 0 atom stereocenters. The van der Waals surface area contributed by atoms with Gasteiger partial charge in [-0.25, -0.2) is 0 Å². The van der Waals surface area contributed by atoms with Crippen molar-refractivity contribution in [2.75, 3.05) is 4.90 Å². The van der Waals surface area contributed by atoms with E-state index in [2.05, 4.69) is 255 Å². The van der Waals surface area contributed by atoms with Crippen molar-refractivity contribution in [2.24, 2.45) is 0 Å². The van der Waals surface area contributed by atoms with Gasteiger partial charge in [0.15, 0.2) is 0 Å². The summed E-state index contributed by atoms with van der Waals surface area (Å²) in [6.07, 6.45) is 6.60. The maximum absolute atomic E-state index is 2.46. The van der Waals surface area contributed by atoms with Gasteiger partial charge in [-0.15, -0.1) is 0 Å². The molecule has 9 aromatic carbocycles. The molecule has 0 spiro atoms. The van der Waals surface area contributed by atoms with Crippen LogP contribution in [0.4, 0.5) is 17.1 Å². The molecule has 0 fully saturated rings. The Morgan fingerprint density at radius 1 is 0.339 bits per heavy atom. The molecule has 1 heteroatoms. The molecule has 0 N–H and O–H groups in total. The van der Waals surface area contributed by atoms with Crippen molar-refractivity contribution in [1.29, 1.82) is 0 Å². The number of fused-ring (bicyclic) bond motifs is 3. The van der Waals surface area contributed by atoms with E-state index in [1.807, 2.05) is 0 Å². The average molecular weight is 796 g/mol. The van der Waals surface area contributed by atoms with E-state index in [4.69, 9.17) is 0 Å². The van der Waals surface area contributed by atoms with Gasteiger partial charge >= 0.3 is 0 Å². The van der Waals surface area contributed by atoms with Crippen molar-refractivity contribution in [3.8, 4) is 55.6 Å². The highest BCUT2D eigenvalue weighted by molar-refractivity contribution is 6.01. The van der Waals surface area contributed by atoms with E-state index in [1.54, 1.807) is 0 Å². The highest BCUT2D eigenvalue weighted by atomic mass is 15.1. The zero-order chi connectivity index (χ0) is 41.9. The molecule has 10 rings (SSSR count). The van der Waals surface area contributed by atoms with Crippen LogP contribution in [0.1, 0.15) is 48.9 Å². The largest absolute Gasteiger partial charge is 0.310 e. The maximum atomic E-state index is 2.46. The predicted octanol–water partition coefficient (Wildman–Crippen LogP) is 17.1. The van der Waals surface area contributed by atoms with Crippen LogP contribution in [0.2, 0.25) is 0 Å². The van der Waals surface area contributed by atoms with Gasteiger partial charge in [-0.1, -0.05) is 214 Å². The molecule has 0 aromatic heterocycles. The Morgan fingerprint density at radius 3 is 1.23 bits per heavy atom. The van der Waals surface area contributed by atoms with E-state index in [9.17, 15) is 0 Å². The van der Waals surface area contributed by atoms with Gasteiger partial charge in [0.25, 0.3) is 0 Å². The number of hydrogen-bond acceptors (Lipinski definition) is 1. The van der Waals surface area contributed by atoms with E-state index in [1.165, 1.54) is 83.6 Å². The van der Waals surface area contributed by atoms with Gasteiger partial charge in [0, 0.05) is 22.5 Å². The van der Waals surface area contributed by atoms with Crippen molar-refractivity contribution in [1.82, 2.24) is 0 Å². The fourth-order valence-electron chi connectivity index (χ4n) is 9.83. The first-order valence-corrected chi connectivity index (χ1v) is 22.0. The molecule has 0 saturated heterocycles. The first kappa shape index (κ1) is 38.7. The smallest absolute Gasteiger partial charge is 0.0465 e. The van der Waals surface area contributed by atoms with Gasteiger partial charge in [-0.2, -0.15) is 0 Å². The lowest BCUT2D eigenvalue weighted by Crippen LogP contribution is -2.23. The van der Waals surface area contributed by atoms with Crippen molar-refractivity contribution in [3.05, 3.63) is 247 Å². The zero-order valence-electron chi connectivity index (χ0n) is 35.4. The molecule has 1 nitrogen and oxygen atoms in total. The van der Waals surface area contributed by atoms with Crippen LogP contribution in [0.25, 0.3) is 67.8 Å². The molecular formula is C61H49N. The summed E-state index contributed by atoms with van der Waals surface area (Å²) in [6, 6.07) is 81.8. The van der Waals surface area contributed by atoms with Crippen LogP contribution in [-0.2, 0) is 5.41 Å². The lowest BCUT2D eigenvalue weighted by atomic mass is 9.73. The molecule has 298 valence electrons. The molecule has 0 amide bonds. The Hall–Kier alpha value is -7.48. The lowest BCUT2D eigenvalue weighted by molar-refractivity contribution is 0.490. The summed E-state index contributed by atoms with van der Waals surface area (Å²) in [6.45, 7) is 4.71. The van der Waals surface area contributed by atoms with E-state index < -0.39 is 0 Å². The normalized spacial score (nSPS) is 12.5. The lowest BCUT2D eigenvalue weighted by Gasteiger charge is -2.32. The second-order valence-corrected chi connectivity index (χ2v) is 16.3. The first-order chi connectivity index (χ1) is 30.6. The number of para-hydroxylation sites is 2. The first-order valence-electron chi connectivity index (χ1n) is 22.0. The van der Waals surface area contributed by atoms with Crippen molar-refractivity contribution in [3.63, 3.8) is 0 Å². The van der Waals surface area contributed by atoms with Crippen LogP contribution in [0, 0.1) is 0 Å². The summed E-state index contributed by atoms with van der Waals surface area (Å²) < 4.78 is 0. The number of rotatable bonds is 11. The number of benzene rings is 9. The van der Waals surface area contributed by atoms with E-state index in [-0.39, 0.29) is 5.41 Å². The van der Waals surface area contributed by atoms with Crippen molar-refractivity contribution in [2.45, 2.75) is 32.1 Å². The van der Waals surface area contributed by atoms with Crippen LogP contribution < -0.4 is 4.90 Å². The second-order valence-electron chi connectivity index (χ2n) is 16.3. The van der Waals surface area contributed by atoms with Gasteiger partial charge in [0.2, 0.25) is 0 Å². The molecule has 0 heterocycles. The maximum Gasteiger partial charge on any atom is 0.0465 e. The summed E-state index contributed by atoms with van der Waals surface area (Å²) in [5.74, 6) is 0. The minimum Gasteiger partial charge on any atom is -0.310 e. The SMILES string of the molecule is CCC1(CC)c2cc(/C=C/c3ccc(-c4c(-c5ccccc5)ccc(-c5ccccc5)c4-c4ccccc4)cc3)ccc2-c2ccc(N(c3ccccc3)c3ccccc3)cc21. The van der Waals surface area contributed by atoms with Gasteiger partial charge in [-0.3, -0.25) is 0 Å². The fraction of sp³-hybridized carbons (Fsp3) is 0.0820. The second kappa shape index (κ2) is 16.9. The van der Waals surface area contributed by atoms with Gasteiger partial charge < -0.3 is 4.90 Å². The van der Waals surface area contributed by atoms with Gasteiger partial charge in [0.05, 0.1) is 0 Å². The van der Waals surface area contributed by atoms with Gasteiger partial charge in [-0.05, 0) is 127 Å². The van der Waals surface area contributed by atoms with Crippen molar-refractivity contribution >= 4 is 29.2 Å². The molecule has 0 bridgehead atoms. The Labute approximate surface area is 367 Å². The molecular weight excluding hydrogens is 747 g/mol. The van der Waals surface area contributed by atoms with E-state index >= 15 is 0 Å². The minimum absolute atomic E-state index is 0.0770. The average Bonchev–Trinajstić information content (AvgIpc) is 3.63. The quantitative estimate of drug-likeness (QED) is 0.118. The molecule has 0 unspecified atom stereocenters.